The Hall–Kier alpha value is -1.95. The number of likely N-dealkylation sites (tertiary alicyclic amines) is 2. The fraction of sp³-hybridized carbons (Fsp3) is 0.593. The van der Waals surface area contributed by atoms with Crippen LogP contribution in [0.25, 0.3) is 0 Å². The minimum atomic E-state index is -0.828. The molecule has 3 aliphatic rings. The zero-order valence-electron chi connectivity index (χ0n) is 19.5. The maximum atomic E-state index is 12.6. The van der Waals surface area contributed by atoms with Gasteiger partial charge in [-0.3, -0.25) is 14.8 Å². The van der Waals surface area contributed by atoms with E-state index in [1.807, 2.05) is 24.5 Å². The highest BCUT2D eigenvalue weighted by atomic mass is 16.3. The molecule has 0 radical (unpaired) electrons. The van der Waals surface area contributed by atoms with Crippen LogP contribution in [0.4, 0.5) is 0 Å². The molecule has 0 bridgehead atoms. The normalized spacial score (nSPS) is 31.8. The molecule has 1 aromatic carbocycles. The smallest absolute Gasteiger partial charge is 0.115 e. The Kier molecular flexibility index (Phi) is 5.77. The molecule has 0 amide bonds. The summed E-state index contributed by atoms with van der Waals surface area (Å²) in [7, 11) is 0. The number of fused-ring (bicyclic) bond motifs is 1. The third-order valence-corrected chi connectivity index (χ3v) is 8.64. The lowest BCUT2D eigenvalue weighted by molar-refractivity contribution is -0.136. The van der Waals surface area contributed by atoms with Gasteiger partial charge in [-0.25, -0.2) is 0 Å². The molecule has 3 unspecified atom stereocenters. The number of nitrogens with zero attached hydrogens (tertiary/aromatic N) is 3. The molecule has 5 heteroatoms. The summed E-state index contributed by atoms with van der Waals surface area (Å²) in [4.78, 5) is 9.19. The van der Waals surface area contributed by atoms with Crippen molar-refractivity contribution in [1.82, 2.24) is 14.8 Å². The quantitative estimate of drug-likeness (QED) is 0.747. The van der Waals surface area contributed by atoms with Gasteiger partial charge in [0, 0.05) is 43.5 Å². The zero-order chi connectivity index (χ0) is 22.3. The van der Waals surface area contributed by atoms with E-state index in [4.69, 9.17) is 0 Å². The van der Waals surface area contributed by atoms with Crippen molar-refractivity contribution in [3.63, 3.8) is 0 Å². The number of phenolic OH excluding ortho intramolecular Hbond substituents is 1. The maximum absolute atomic E-state index is 12.6. The molecule has 2 N–H and O–H groups in total. The zero-order valence-corrected chi connectivity index (χ0v) is 19.5. The lowest BCUT2D eigenvalue weighted by atomic mass is 9.57. The first-order valence-electron chi connectivity index (χ1n) is 12.3. The summed E-state index contributed by atoms with van der Waals surface area (Å²) in [5, 5.41) is 23.0. The molecule has 1 saturated carbocycles. The number of aromatic hydroxyl groups is 1. The van der Waals surface area contributed by atoms with Crippen LogP contribution in [0.1, 0.15) is 55.7 Å². The van der Waals surface area contributed by atoms with E-state index >= 15 is 0 Å². The van der Waals surface area contributed by atoms with Crippen molar-refractivity contribution >= 4 is 0 Å². The van der Waals surface area contributed by atoms with Crippen LogP contribution in [0.3, 0.4) is 0 Å². The standard InChI is InChI=1S/C27H37N3O2/c1-20-3-6-24(31)17-25(20)26-9-14-29(18-23-7-12-28-13-8-23)15-11-27(26,32)21(2)30(16-10-26)19-22-4-5-22/h3,6-8,12-13,17,21-22,31-32H,4-5,9-11,14-16,18-19H2,1-2H3. The second kappa shape index (κ2) is 8.44. The van der Waals surface area contributed by atoms with E-state index in [-0.39, 0.29) is 11.5 Å². The van der Waals surface area contributed by atoms with Crippen molar-refractivity contribution in [2.24, 2.45) is 5.92 Å². The fourth-order valence-corrected chi connectivity index (χ4v) is 6.44. The molecule has 0 spiro atoms. The van der Waals surface area contributed by atoms with Crippen LogP contribution in [0.15, 0.2) is 42.7 Å². The average molecular weight is 436 g/mol. The summed E-state index contributed by atoms with van der Waals surface area (Å²) in [5.41, 5.74) is 2.41. The predicted molar refractivity (Wildman–Crippen MR) is 127 cm³/mol. The molecule has 2 saturated heterocycles. The van der Waals surface area contributed by atoms with Crippen LogP contribution in [0, 0.1) is 12.8 Å². The number of hydrogen-bond donors (Lipinski definition) is 2. The number of rotatable bonds is 5. The molecule has 1 aromatic heterocycles. The van der Waals surface area contributed by atoms with E-state index in [0.29, 0.717) is 5.75 Å². The molecule has 5 rings (SSSR count). The lowest BCUT2D eigenvalue weighted by Crippen LogP contribution is -2.68. The van der Waals surface area contributed by atoms with Crippen molar-refractivity contribution in [3.8, 4) is 5.75 Å². The van der Waals surface area contributed by atoms with Crippen LogP contribution >= 0.6 is 0 Å². The first-order valence-corrected chi connectivity index (χ1v) is 12.3. The Balaban J connectivity index is 1.51. The Morgan fingerprint density at radius 3 is 2.50 bits per heavy atom. The van der Waals surface area contributed by atoms with Gasteiger partial charge in [-0.2, -0.15) is 0 Å². The Bertz CT molecular complexity index is 947. The number of hydrogen-bond acceptors (Lipinski definition) is 5. The highest BCUT2D eigenvalue weighted by Gasteiger charge is 2.59. The highest BCUT2D eigenvalue weighted by molar-refractivity contribution is 5.43. The van der Waals surface area contributed by atoms with Crippen molar-refractivity contribution < 1.29 is 10.2 Å². The third kappa shape index (κ3) is 3.85. The monoisotopic (exact) mass is 435 g/mol. The summed E-state index contributed by atoms with van der Waals surface area (Å²) < 4.78 is 0. The fourth-order valence-electron chi connectivity index (χ4n) is 6.44. The molecule has 5 nitrogen and oxygen atoms in total. The van der Waals surface area contributed by atoms with Crippen LogP contribution in [-0.4, -0.2) is 62.8 Å². The molecule has 1 aliphatic carbocycles. The Morgan fingerprint density at radius 1 is 1.03 bits per heavy atom. The van der Waals surface area contributed by atoms with Crippen LogP contribution in [-0.2, 0) is 12.0 Å². The van der Waals surface area contributed by atoms with E-state index in [1.165, 1.54) is 24.0 Å². The largest absolute Gasteiger partial charge is 0.508 e. The second-order valence-electron chi connectivity index (χ2n) is 10.5. The average Bonchev–Trinajstić information content (AvgIpc) is 3.62. The van der Waals surface area contributed by atoms with E-state index < -0.39 is 5.60 Å². The highest BCUT2D eigenvalue weighted by Crippen LogP contribution is 2.53. The molecule has 3 atom stereocenters. The molecular formula is C27H37N3O2. The summed E-state index contributed by atoms with van der Waals surface area (Å²) in [6.07, 6.45) is 8.96. The number of aromatic nitrogens is 1. The van der Waals surface area contributed by atoms with Gasteiger partial charge in [-0.05, 0) is 106 Å². The van der Waals surface area contributed by atoms with Crippen LogP contribution in [0.5, 0.6) is 5.75 Å². The van der Waals surface area contributed by atoms with Crippen molar-refractivity contribution in [2.45, 2.75) is 69.6 Å². The molecule has 2 aromatic rings. The molecule has 3 fully saturated rings. The molecule has 32 heavy (non-hydrogen) atoms. The van der Waals surface area contributed by atoms with E-state index in [2.05, 4.69) is 40.8 Å². The summed E-state index contributed by atoms with van der Waals surface area (Å²) in [6, 6.07) is 9.98. The number of piperidine rings is 1. The van der Waals surface area contributed by atoms with Gasteiger partial charge in [0.15, 0.2) is 0 Å². The van der Waals surface area contributed by atoms with Gasteiger partial charge < -0.3 is 10.2 Å². The van der Waals surface area contributed by atoms with Gasteiger partial charge in [0.1, 0.15) is 5.75 Å². The number of benzene rings is 1. The molecule has 172 valence electrons. The minimum Gasteiger partial charge on any atom is -0.508 e. The van der Waals surface area contributed by atoms with E-state index in [0.717, 1.165) is 63.5 Å². The van der Waals surface area contributed by atoms with Gasteiger partial charge in [0.2, 0.25) is 0 Å². The van der Waals surface area contributed by atoms with Crippen LogP contribution in [0.2, 0.25) is 0 Å². The second-order valence-corrected chi connectivity index (χ2v) is 10.5. The van der Waals surface area contributed by atoms with Crippen molar-refractivity contribution in [3.05, 3.63) is 59.4 Å². The number of phenols is 1. The van der Waals surface area contributed by atoms with Crippen molar-refractivity contribution in [1.29, 1.82) is 0 Å². The minimum absolute atomic E-state index is 0.0967. The number of aryl methyl sites for hydroxylation is 1. The predicted octanol–water partition coefficient (Wildman–Crippen LogP) is 3.86. The lowest BCUT2D eigenvalue weighted by Gasteiger charge is -2.58. The Labute approximate surface area is 192 Å². The van der Waals surface area contributed by atoms with Crippen molar-refractivity contribution in [2.75, 3.05) is 26.2 Å². The molecular weight excluding hydrogens is 398 g/mol. The van der Waals surface area contributed by atoms with Gasteiger partial charge in [0.25, 0.3) is 0 Å². The van der Waals surface area contributed by atoms with Gasteiger partial charge in [-0.15, -0.1) is 0 Å². The number of pyridine rings is 1. The SMILES string of the molecule is Cc1ccc(O)cc1C12CCN(Cc3ccncc3)CCC1(O)C(C)N(CC1CC1)CC2. The topological polar surface area (TPSA) is 59.8 Å². The summed E-state index contributed by atoms with van der Waals surface area (Å²) in [6.45, 7) is 9.19. The van der Waals surface area contributed by atoms with Gasteiger partial charge >= 0.3 is 0 Å². The first kappa shape index (κ1) is 21.9. The van der Waals surface area contributed by atoms with E-state index in [1.54, 1.807) is 6.07 Å². The van der Waals surface area contributed by atoms with Gasteiger partial charge in [-0.1, -0.05) is 6.07 Å². The van der Waals surface area contributed by atoms with Crippen LogP contribution < -0.4 is 0 Å². The van der Waals surface area contributed by atoms with E-state index in [9.17, 15) is 10.2 Å². The molecule has 3 heterocycles. The third-order valence-electron chi connectivity index (χ3n) is 8.64. The maximum Gasteiger partial charge on any atom is 0.115 e. The molecule has 2 aliphatic heterocycles. The first-order chi connectivity index (χ1) is 15.4. The Morgan fingerprint density at radius 2 is 1.75 bits per heavy atom. The number of aliphatic hydroxyl groups is 1. The summed E-state index contributed by atoms with van der Waals surface area (Å²) in [5.74, 6) is 1.11. The summed E-state index contributed by atoms with van der Waals surface area (Å²) >= 11 is 0. The van der Waals surface area contributed by atoms with Gasteiger partial charge in [0.05, 0.1) is 5.60 Å².